The minimum Gasteiger partial charge on any atom is -0.466 e. The van der Waals surface area contributed by atoms with E-state index in [0.29, 0.717) is 35.5 Å². The van der Waals surface area contributed by atoms with Crippen molar-refractivity contribution >= 4 is 40.8 Å². The van der Waals surface area contributed by atoms with Crippen molar-refractivity contribution in [2.75, 3.05) is 31.2 Å². The van der Waals surface area contributed by atoms with E-state index in [0.717, 1.165) is 0 Å². The first-order chi connectivity index (χ1) is 10.5. The number of carbonyl (C=O) groups excluding carboxylic acids is 2. The molecule has 0 unspecified atom stereocenters. The van der Waals surface area contributed by atoms with Crippen molar-refractivity contribution in [3.63, 3.8) is 0 Å². The number of rotatable bonds is 8. The normalized spacial score (nSPS) is 10.2. The highest BCUT2D eigenvalue weighted by atomic mass is 35.5. The molecule has 0 aliphatic heterocycles. The summed E-state index contributed by atoms with van der Waals surface area (Å²) < 4.78 is 9.84. The monoisotopic (exact) mass is 347 g/mol. The molecule has 22 heavy (non-hydrogen) atoms. The van der Waals surface area contributed by atoms with Gasteiger partial charge in [-0.05, 0) is 32.0 Å². The molecule has 1 aromatic rings. The maximum atomic E-state index is 11.7. The maximum absolute atomic E-state index is 11.7. The predicted octanol–water partition coefficient (Wildman–Crippen LogP) is 3.32. The Morgan fingerprint density at radius 2 is 1.55 bits per heavy atom. The summed E-state index contributed by atoms with van der Waals surface area (Å²) >= 11 is 12.0. The molecule has 0 amide bonds. The zero-order chi connectivity index (χ0) is 16.5. The molecule has 0 radical (unpaired) electrons. The van der Waals surface area contributed by atoms with Crippen LogP contribution in [-0.2, 0) is 19.1 Å². The van der Waals surface area contributed by atoms with Crippen LogP contribution in [-0.4, -0.2) is 38.2 Å². The molecular weight excluding hydrogens is 329 g/mol. The van der Waals surface area contributed by atoms with Crippen LogP contribution in [0.25, 0.3) is 0 Å². The van der Waals surface area contributed by atoms with E-state index < -0.39 is 0 Å². The van der Waals surface area contributed by atoms with Gasteiger partial charge in [-0.1, -0.05) is 23.2 Å². The number of hydrogen-bond acceptors (Lipinski definition) is 5. The minimum absolute atomic E-state index is 0.00389. The Morgan fingerprint density at radius 3 is 2.09 bits per heavy atom. The first-order valence-corrected chi connectivity index (χ1v) is 7.74. The van der Waals surface area contributed by atoms with Crippen LogP contribution in [0.15, 0.2) is 18.2 Å². The van der Waals surface area contributed by atoms with Crippen molar-refractivity contribution in [1.29, 1.82) is 0 Å². The Labute approximate surface area is 140 Å². The fraction of sp³-hybridized carbons (Fsp3) is 0.467. The van der Waals surface area contributed by atoms with Crippen LogP contribution in [0, 0.1) is 0 Å². The molecule has 0 aliphatic rings. The van der Waals surface area contributed by atoms with Gasteiger partial charge in [0.1, 0.15) is 6.54 Å². The molecule has 0 bridgehead atoms. The van der Waals surface area contributed by atoms with Gasteiger partial charge in [-0.15, -0.1) is 0 Å². The standard InChI is InChI=1S/C15H19Cl2NO4/c1-3-21-14(19)5-6-18(10-15(20)22-4-2)13-8-11(16)7-12(17)9-13/h7-9H,3-6,10H2,1-2H3. The van der Waals surface area contributed by atoms with E-state index in [2.05, 4.69) is 0 Å². The van der Waals surface area contributed by atoms with Gasteiger partial charge in [-0.25, -0.2) is 0 Å². The number of benzene rings is 1. The molecule has 0 aromatic heterocycles. The smallest absolute Gasteiger partial charge is 0.325 e. The third kappa shape index (κ3) is 6.54. The van der Waals surface area contributed by atoms with Crippen molar-refractivity contribution in [3.8, 4) is 0 Å². The topological polar surface area (TPSA) is 55.8 Å². The number of nitrogens with zero attached hydrogens (tertiary/aromatic N) is 1. The molecule has 0 aliphatic carbocycles. The molecule has 0 heterocycles. The average molecular weight is 348 g/mol. The highest BCUT2D eigenvalue weighted by molar-refractivity contribution is 6.35. The fourth-order valence-corrected chi connectivity index (χ4v) is 2.36. The summed E-state index contributed by atoms with van der Waals surface area (Å²) in [5.41, 5.74) is 0.648. The second-order valence-electron chi connectivity index (χ2n) is 4.41. The molecule has 0 fully saturated rings. The number of hydrogen-bond donors (Lipinski definition) is 0. The van der Waals surface area contributed by atoms with Crippen molar-refractivity contribution in [2.45, 2.75) is 20.3 Å². The van der Waals surface area contributed by atoms with Crippen LogP contribution < -0.4 is 4.90 Å². The average Bonchev–Trinajstić information content (AvgIpc) is 2.43. The van der Waals surface area contributed by atoms with E-state index in [4.69, 9.17) is 32.7 Å². The second kappa shape index (κ2) is 9.54. The molecule has 0 atom stereocenters. The number of carbonyl (C=O) groups is 2. The molecule has 7 heteroatoms. The van der Waals surface area contributed by atoms with Gasteiger partial charge in [0.15, 0.2) is 0 Å². The number of ether oxygens (including phenoxy) is 2. The second-order valence-corrected chi connectivity index (χ2v) is 5.28. The summed E-state index contributed by atoms with van der Waals surface area (Å²) in [6.07, 6.45) is 0.150. The van der Waals surface area contributed by atoms with E-state index in [1.165, 1.54) is 0 Å². The molecule has 0 saturated carbocycles. The highest BCUT2D eigenvalue weighted by Crippen LogP contribution is 2.25. The van der Waals surface area contributed by atoms with Crippen molar-refractivity contribution < 1.29 is 19.1 Å². The van der Waals surface area contributed by atoms with Crippen LogP contribution >= 0.6 is 23.2 Å². The van der Waals surface area contributed by atoms with Crippen LogP contribution in [0.3, 0.4) is 0 Å². The molecular formula is C15H19Cl2NO4. The summed E-state index contributed by atoms with van der Waals surface area (Å²) in [5.74, 6) is -0.716. The molecule has 5 nitrogen and oxygen atoms in total. The SMILES string of the molecule is CCOC(=O)CCN(CC(=O)OCC)c1cc(Cl)cc(Cl)c1. The lowest BCUT2D eigenvalue weighted by atomic mass is 10.2. The van der Waals surface area contributed by atoms with Crippen molar-refractivity contribution in [1.82, 2.24) is 0 Å². The summed E-state index contributed by atoms with van der Waals surface area (Å²) in [7, 11) is 0. The van der Waals surface area contributed by atoms with Crippen molar-refractivity contribution in [3.05, 3.63) is 28.2 Å². The maximum Gasteiger partial charge on any atom is 0.325 e. The molecule has 0 spiro atoms. The van der Waals surface area contributed by atoms with Gasteiger partial charge >= 0.3 is 11.9 Å². The van der Waals surface area contributed by atoms with Crippen LogP contribution in [0.4, 0.5) is 5.69 Å². The molecule has 1 aromatic carbocycles. The van der Waals surface area contributed by atoms with Gasteiger partial charge < -0.3 is 14.4 Å². The fourth-order valence-electron chi connectivity index (χ4n) is 1.84. The zero-order valence-electron chi connectivity index (χ0n) is 12.6. The van der Waals surface area contributed by atoms with E-state index in [-0.39, 0.29) is 24.9 Å². The van der Waals surface area contributed by atoms with Crippen LogP contribution in [0.1, 0.15) is 20.3 Å². The minimum atomic E-state index is -0.387. The Hall–Kier alpha value is -1.46. The quantitative estimate of drug-likeness (QED) is 0.675. The summed E-state index contributed by atoms with van der Waals surface area (Å²) in [5, 5.41) is 0.903. The lowest BCUT2D eigenvalue weighted by Crippen LogP contribution is -2.33. The third-order valence-corrected chi connectivity index (χ3v) is 3.17. The zero-order valence-corrected chi connectivity index (χ0v) is 14.1. The third-order valence-electron chi connectivity index (χ3n) is 2.73. The van der Waals surface area contributed by atoms with Gasteiger partial charge in [-0.2, -0.15) is 0 Å². The van der Waals surface area contributed by atoms with Gasteiger partial charge in [0, 0.05) is 22.3 Å². The summed E-state index contributed by atoms with van der Waals surface area (Å²) in [4.78, 5) is 24.9. The predicted molar refractivity (Wildman–Crippen MR) is 86.6 cm³/mol. The molecule has 0 saturated heterocycles. The Morgan fingerprint density at radius 1 is 1.00 bits per heavy atom. The Kier molecular flexibility index (Phi) is 8.06. The first-order valence-electron chi connectivity index (χ1n) is 6.98. The Balaban J connectivity index is 2.84. The lowest BCUT2D eigenvalue weighted by Gasteiger charge is -2.24. The first kappa shape index (κ1) is 18.6. The van der Waals surface area contributed by atoms with Crippen LogP contribution in [0.5, 0.6) is 0 Å². The highest BCUT2D eigenvalue weighted by Gasteiger charge is 2.15. The van der Waals surface area contributed by atoms with Gasteiger partial charge in [-0.3, -0.25) is 9.59 Å². The van der Waals surface area contributed by atoms with E-state index in [9.17, 15) is 9.59 Å². The van der Waals surface area contributed by atoms with Gasteiger partial charge in [0.2, 0.25) is 0 Å². The van der Waals surface area contributed by atoms with E-state index in [1.54, 1.807) is 36.9 Å². The van der Waals surface area contributed by atoms with Crippen LogP contribution in [0.2, 0.25) is 10.0 Å². The number of esters is 2. The largest absolute Gasteiger partial charge is 0.466 e. The van der Waals surface area contributed by atoms with E-state index in [1.807, 2.05) is 0 Å². The van der Waals surface area contributed by atoms with E-state index >= 15 is 0 Å². The van der Waals surface area contributed by atoms with Gasteiger partial charge in [0.25, 0.3) is 0 Å². The number of anilines is 1. The summed E-state index contributed by atoms with van der Waals surface area (Å²) in [6, 6.07) is 4.95. The lowest BCUT2D eigenvalue weighted by molar-refractivity contribution is -0.144. The van der Waals surface area contributed by atoms with Crippen molar-refractivity contribution in [2.24, 2.45) is 0 Å². The molecule has 1 rings (SSSR count). The summed E-state index contributed by atoms with van der Waals surface area (Å²) in [6.45, 7) is 4.39. The molecule has 0 N–H and O–H groups in total. The number of halogens is 2. The molecule has 122 valence electrons. The Bertz CT molecular complexity index is 502. The van der Waals surface area contributed by atoms with Gasteiger partial charge in [0.05, 0.1) is 19.6 Å².